The van der Waals surface area contributed by atoms with Gasteiger partial charge in [0.05, 0.1) is 0 Å². The number of anilines is 1. The topological polar surface area (TPSA) is 58.6 Å². The molecule has 1 aliphatic heterocycles. The maximum Gasteiger partial charge on any atom is 0.410 e. The molecule has 2 amide bonds. The predicted octanol–water partition coefficient (Wildman–Crippen LogP) is 4.18. The van der Waals surface area contributed by atoms with Crippen molar-refractivity contribution in [2.75, 3.05) is 11.9 Å². The van der Waals surface area contributed by atoms with Crippen LogP contribution in [0.25, 0.3) is 10.8 Å². The molecule has 132 valence electrons. The predicted molar refractivity (Wildman–Crippen MR) is 98.5 cm³/mol. The minimum absolute atomic E-state index is 0.167. The van der Waals surface area contributed by atoms with Gasteiger partial charge in [-0.2, -0.15) is 0 Å². The third-order valence-corrected chi connectivity index (χ3v) is 4.23. The Hall–Kier alpha value is -2.56. The van der Waals surface area contributed by atoms with E-state index in [-0.39, 0.29) is 5.91 Å². The summed E-state index contributed by atoms with van der Waals surface area (Å²) in [5.74, 6) is -0.167. The van der Waals surface area contributed by atoms with Gasteiger partial charge < -0.3 is 10.1 Å². The molecule has 5 heteroatoms. The monoisotopic (exact) mass is 340 g/mol. The average Bonchev–Trinajstić information content (AvgIpc) is 3.03. The Bertz CT molecular complexity index is 790. The first-order chi connectivity index (χ1) is 11.8. The van der Waals surface area contributed by atoms with Crippen molar-refractivity contribution in [1.29, 1.82) is 0 Å². The molecule has 1 atom stereocenters. The first-order valence-electron chi connectivity index (χ1n) is 8.63. The molecular formula is C20H24N2O3. The zero-order valence-corrected chi connectivity index (χ0v) is 14.9. The van der Waals surface area contributed by atoms with Crippen LogP contribution in [0.3, 0.4) is 0 Å². The molecule has 3 rings (SSSR count). The molecule has 1 aliphatic rings. The summed E-state index contributed by atoms with van der Waals surface area (Å²) in [7, 11) is 0. The van der Waals surface area contributed by atoms with Crippen LogP contribution >= 0.6 is 0 Å². The number of rotatable bonds is 2. The van der Waals surface area contributed by atoms with E-state index < -0.39 is 17.7 Å². The van der Waals surface area contributed by atoms with Crippen LogP contribution in [0.1, 0.15) is 33.6 Å². The highest BCUT2D eigenvalue weighted by atomic mass is 16.6. The SMILES string of the molecule is CC(C)(C)OC(=O)N1CCC[C@H]1C(=O)Nc1cccc2ccccc12. The smallest absolute Gasteiger partial charge is 0.410 e. The van der Waals surface area contributed by atoms with Crippen molar-refractivity contribution in [3.8, 4) is 0 Å². The van der Waals surface area contributed by atoms with Crippen LogP contribution in [0, 0.1) is 0 Å². The van der Waals surface area contributed by atoms with Gasteiger partial charge in [0.15, 0.2) is 0 Å². The van der Waals surface area contributed by atoms with E-state index in [9.17, 15) is 9.59 Å². The van der Waals surface area contributed by atoms with E-state index in [2.05, 4.69) is 5.32 Å². The first-order valence-corrected chi connectivity index (χ1v) is 8.63. The minimum Gasteiger partial charge on any atom is -0.444 e. The normalized spacial score (nSPS) is 17.6. The number of carbonyl (C=O) groups is 2. The van der Waals surface area contributed by atoms with Gasteiger partial charge in [-0.25, -0.2) is 4.79 Å². The lowest BCUT2D eigenvalue weighted by Crippen LogP contribution is -2.45. The molecule has 0 radical (unpaired) electrons. The van der Waals surface area contributed by atoms with E-state index in [1.54, 1.807) is 0 Å². The largest absolute Gasteiger partial charge is 0.444 e. The summed E-state index contributed by atoms with van der Waals surface area (Å²) >= 11 is 0. The zero-order chi connectivity index (χ0) is 18.0. The van der Waals surface area contributed by atoms with Crippen LogP contribution in [-0.2, 0) is 9.53 Å². The molecule has 5 nitrogen and oxygen atoms in total. The van der Waals surface area contributed by atoms with E-state index in [1.165, 1.54) is 4.90 Å². The lowest BCUT2D eigenvalue weighted by molar-refractivity contribution is -0.120. The van der Waals surface area contributed by atoms with Gasteiger partial charge in [0.25, 0.3) is 0 Å². The van der Waals surface area contributed by atoms with Gasteiger partial charge >= 0.3 is 6.09 Å². The van der Waals surface area contributed by atoms with Gasteiger partial charge in [0, 0.05) is 17.6 Å². The second-order valence-electron chi connectivity index (χ2n) is 7.35. The number of nitrogens with zero attached hydrogens (tertiary/aromatic N) is 1. The second-order valence-corrected chi connectivity index (χ2v) is 7.35. The van der Waals surface area contributed by atoms with Gasteiger partial charge in [-0.1, -0.05) is 36.4 Å². The molecule has 1 saturated heterocycles. The minimum atomic E-state index is -0.573. The molecule has 0 unspecified atom stereocenters. The summed E-state index contributed by atoms with van der Waals surface area (Å²) in [5.41, 5.74) is 0.190. The summed E-state index contributed by atoms with van der Waals surface area (Å²) < 4.78 is 5.43. The van der Waals surface area contributed by atoms with Crippen molar-refractivity contribution in [1.82, 2.24) is 4.90 Å². The number of nitrogens with one attached hydrogen (secondary N) is 1. The van der Waals surface area contributed by atoms with Crippen molar-refractivity contribution < 1.29 is 14.3 Å². The fourth-order valence-electron chi connectivity index (χ4n) is 3.13. The molecule has 0 aliphatic carbocycles. The number of hydrogen-bond acceptors (Lipinski definition) is 3. The van der Waals surface area contributed by atoms with Gasteiger partial charge in [-0.3, -0.25) is 9.69 Å². The molecule has 1 heterocycles. The number of likely N-dealkylation sites (tertiary alicyclic amines) is 1. The number of ether oxygens (including phenoxy) is 1. The number of fused-ring (bicyclic) bond motifs is 1. The molecule has 0 bridgehead atoms. The Morgan fingerprint density at radius 2 is 1.84 bits per heavy atom. The van der Waals surface area contributed by atoms with Crippen molar-refractivity contribution >= 4 is 28.5 Å². The molecule has 1 N–H and O–H groups in total. The fourth-order valence-corrected chi connectivity index (χ4v) is 3.13. The van der Waals surface area contributed by atoms with Crippen molar-refractivity contribution in [2.24, 2.45) is 0 Å². The van der Waals surface area contributed by atoms with Gasteiger partial charge in [0.1, 0.15) is 11.6 Å². The molecule has 0 spiro atoms. The molecule has 2 aromatic carbocycles. The highest BCUT2D eigenvalue weighted by Crippen LogP contribution is 2.26. The summed E-state index contributed by atoms with van der Waals surface area (Å²) in [4.78, 5) is 26.7. The number of carbonyl (C=O) groups excluding carboxylic acids is 2. The van der Waals surface area contributed by atoms with Crippen LogP contribution in [0.5, 0.6) is 0 Å². The van der Waals surface area contributed by atoms with Gasteiger partial charge in [-0.15, -0.1) is 0 Å². The second kappa shape index (κ2) is 6.75. The van der Waals surface area contributed by atoms with Gasteiger partial charge in [0.2, 0.25) is 5.91 Å². The van der Waals surface area contributed by atoms with Crippen LogP contribution in [0.2, 0.25) is 0 Å². The Balaban J connectivity index is 1.77. The number of benzene rings is 2. The Morgan fingerprint density at radius 1 is 1.12 bits per heavy atom. The Kier molecular flexibility index (Phi) is 4.66. The lowest BCUT2D eigenvalue weighted by atomic mass is 10.1. The third-order valence-electron chi connectivity index (χ3n) is 4.23. The molecule has 0 aromatic heterocycles. The summed E-state index contributed by atoms with van der Waals surface area (Å²) in [6.45, 7) is 6.02. The summed E-state index contributed by atoms with van der Waals surface area (Å²) in [6.07, 6.45) is 1.02. The highest BCUT2D eigenvalue weighted by Gasteiger charge is 2.36. The highest BCUT2D eigenvalue weighted by molar-refractivity contribution is 6.04. The first kappa shape index (κ1) is 17.3. The van der Waals surface area contributed by atoms with Crippen LogP contribution in [0.4, 0.5) is 10.5 Å². The summed E-state index contributed by atoms with van der Waals surface area (Å²) in [5, 5.41) is 5.04. The maximum absolute atomic E-state index is 12.8. The fraction of sp³-hybridized carbons (Fsp3) is 0.400. The summed E-state index contributed by atoms with van der Waals surface area (Å²) in [6, 6.07) is 13.2. The van der Waals surface area contributed by atoms with E-state index in [0.717, 1.165) is 22.9 Å². The molecule has 0 saturated carbocycles. The number of amides is 2. The van der Waals surface area contributed by atoms with E-state index in [1.807, 2.05) is 63.2 Å². The van der Waals surface area contributed by atoms with Crippen LogP contribution in [-0.4, -0.2) is 35.1 Å². The molecule has 25 heavy (non-hydrogen) atoms. The van der Waals surface area contributed by atoms with Crippen molar-refractivity contribution in [3.05, 3.63) is 42.5 Å². The van der Waals surface area contributed by atoms with Crippen molar-refractivity contribution in [3.63, 3.8) is 0 Å². The molecule has 1 fully saturated rings. The third kappa shape index (κ3) is 3.92. The molecule has 2 aromatic rings. The van der Waals surface area contributed by atoms with E-state index in [4.69, 9.17) is 4.74 Å². The maximum atomic E-state index is 12.8. The molecular weight excluding hydrogens is 316 g/mol. The quantitative estimate of drug-likeness (QED) is 0.892. The van der Waals surface area contributed by atoms with Gasteiger partial charge in [-0.05, 0) is 45.1 Å². The van der Waals surface area contributed by atoms with E-state index in [0.29, 0.717) is 13.0 Å². The zero-order valence-electron chi connectivity index (χ0n) is 14.9. The van der Waals surface area contributed by atoms with E-state index >= 15 is 0 Å². The lowest BCUT2D eigenvalue weighted by Gasteiger charge is -2.28. The van der Waals surface area contributed by atoms with Crippen molar-refractivity contribution in [2.45, 2.75) is 45.3 Å². The standard InChI is InChI=1S/C20H24N2O3/c1-20(2,3)25-19(24)22-13-7-12-17(22)18(23)21-16-11-6-9-14-8-4-5-10-15(14)16/h4-6,8-11,17H,7,12-13H2,1-3H3,(H,21,23)/t17-/m0/s1. The average molecular weight is 340 g/mol. The van der Waals surface area contributed by atoms with Crippen LogP contribution in [0.15, 0.2) is 42.5 Å². The Morgan fingerprint density at radius 3 is 2.60 bits per heavy atom. The number of hydrogen-bond donors (Lipinski definition) is 1. The Labute approximate surface area is 148 Å². The van der Waals surface area contributed by atoms with Crippen LogP contribution < -0.4 is 5.32 Å².